The predicted molar refractivity (Wildman–Crippen MR) is 66.5 cm³/mol. The number of nitrogens with one attached hydrogen (secondary N) is 2. The number of alkyl halides is 3. The number of carbonyl (C=O) groups excluding carboxylic acids is 1. The summed E-state index contributed by atoms with van der Waals surface area (Å²) >= 11 is 0. The molecule has 0 saturated carbocycles. The Hall–Kier alpha value is -2.07. The monoisotopic (exact) mass is 285 g/mol. The van der Waals surface area contributed by atoms with Gasteiger partial charge in [-0.3, -0.25) is 10.1 Å². The zero-order chi connectivity index (χ0) is 15.2. The minimum atomic E-state index is -4.51. The van der Waals surface area contributed by atoms with Crippen molar-refractivity contribution in [3.05, 3.63) is 35.4 Å². The topological polar surface area (TPSA) is 64.9 Å². The number of hydrogen-bond donors (Lipinski definition) is 2. The Morgan fingerprint density at radius 2 is 2.00 bits per heavy atom. The molecule has 0 saturated heterocycles. The van der Waals surface area contributed by atoms with Crippen molar-refractivity contribution in [2.75, 3.05) is 13.1 Å². The van der Waals surface area contributed by atoms with Crippen LogP contribution in [0.2, 0.25) is 0 Å². The van der Waals surface area contributed by atoms with Crippen molar-refractivity contribution < 1.29 is 18.0 Å². The molecule has 4 nitrogen and oxygen atoms in total. The van der Waals surface area contributed by atoms with Gasteiger partial charge in [0.15, 0.2) is 0 Å². The Balaban J connectivity index is 2.81. The van der Waals surface area contributed by atoms with Crippen molar-refractivity contribution in [2.45, 2.75) is 19.1 Å². The summed E-state index contributed by atoms with van der Waals surface area (Å²) < 4.78 is 38.5. The number of hydrogen-bond acceptors (Lipinski definition) is 3. The van der Waals surface area contributed by atoms with Crippen LogP contribution < -0.4 is 10.6 Å². The van der Waals surface area contributed by atoms with Gasteiger partial charge in [0.1, 0.15) is 6.04 Å². The third-order valence-electron chi connectivity index (χ3n) is 2.55. The average molecular weight is 285 g/mol. The number of benzene rings is 1. The van der Waals surface area contributed by atoms with E-state index >= 15 is 0 Å². The van der Waals surface area contributed by atoms with E-state index < -0.39 is 17.8 Å². The Labute approximate surface area is 114 Å². The molecule has 0 bridgehead atoms. The van der Waals surface area contributed by atoms with Crippen molar-refractivity contribution in [1.29, 1.82) is 5.26 Å². The largest absolute Gasteiger partial charge is 0.416 e. The standard InChI is InChI=1S/C13H14F3N3O/c1-9(20)18-6-7-19-12(8-17)10-4-2-3-5-11(10)13(14,15)16/h2-5,12,19H,6-7H2,1H3,(H,18,20). The van der Waals surface area contributed by atoms with E-state index in [1.807, 2.05) is 0 Å². The van der Waals surface area contributed by atoms with Crippen LogP contribution in [-0.2, 0) is 11.0 Å². The van der Waals surface area contributed by atoms with Gasteiger partial charge in [-0.2, -0.15) is 18.4 Å². The van der Waals surface area contributed by atoms with E-state index in [0.29, 0.717) is 0 Å². The van der Waals surface area contributed by atoms with Gasteiger partial charge < -0.3 is 5.32 Å². The molecule has 0 aliphatic heterocycles. The zero-order valence-corrected chi connectivity index (χ0v) is 10.8. The Kier molecular flexibility index (Phi) is 5.53. The molecule has 1 aromatic carbocycles. The Bertz CT molecular complexity index is 508. The summed E-state index contributed by atoms with van der Waals surface area (Å²) in [6.45, 7) is 1.77. The average Bonchev–Trinajstić information content (AvgIpc) is 2.37. The highest BCUT2D eigenvalue weighted by Gasteiger charge is 2.34. The van der Waals surface area contributed by atoms with Gasteiger partial charge in [-0.05, 0) is 11.6 Å². The lowest BCUT2D eigenvalue weighted by Gasteiger charge is -2.17. The van der Waals surface area contributed by atoms with Crippen molar-refractivity contribution in [1.82, 2.24) is 10.6 Å². The van der Waals surface area contributed by atoms with Crippen LogP contribution in [0.1, 0.15) is 24.1 Å². The third-order valence-corrected chi connectivity index (χ3v) is 2.55. The summed E-state index contributed by atoms with van der Waals surface area (Å²) in [6, 6.07) is 5.64. The molecule has 1 rings (SSSR count). The molecule has 20 heavy (non-hydrogen) atoms. The smallest absolute Gasteiger partial charge is 0.355 e. The molecule has 1 unspecified atom stereocenters. The van der Waals surface area contributed by atoms with Crippen LogP contribution in [0.25, 0.3) is 0 Å². The fourth-order valence-corrected chi connectivity index (χ4v) is 1.69. The van der Waals surface area contributed by atoms with E-state index in [9.17, 15) is 18.0 Å². The number of carbonyl (C=O) groups is 1. The summed E-state index contributed by atoms with van der Waals surface area (Å²) in [6.07, 6.45) is -4.51. The van der Waals surface area contributed by atoms with Crippen LogP contribution in [0.5, 0.6) is 0 Å². The highest BCUT2D eigenvalue weighted by Crippen LogP contribution is 2.34. The highest BCUT2D eigenvalue weighted by molar-refractivity contribution is 5.72. The van der Waals surface area contributed by atoms with Crippen molar-refractivity contribution in [2.24, 2.45) is 0 Å². The maximum atomic E-state index is 12.8. The molecule has 0 heterocycles. The molecular weight excluding hydrogens is 271 g/mol. The van der Waals surface area contributed by atoms with Crippen LogP contribution in [0.4, 0.5) is 13.2 Å². The minimum Gasteiger partial charge on any atom is -0.355 e. The summed E-state index contributed by atoms with van der Waals surface area (Å²) in [7, 11) is 0. The Morgan fingerprint density at radius 1 is 1.35 bits per heavy atom. The van der Waals surface area contributed by atoms with Gasteiger partial charge in [-0.1, -0.05) is 18.2 Å². The van der Waals surface area contributed by atoms with Crippen LogP contribution in [0, 0.1) is 11.3 Å². The van der Waals surface area contributed by atoms with Crippen molar-refractivity contribution in [3.63, 3.8) is 0 Å². The van der Waals surface area contributed by atoms with E-state index in [1.165, 1.54) is 25.1 Å². The third kappa shape index (κ3) is 4.55. The van der Waals surface area contributed by atoms with E-state index in [2.05, 4.69) is 10.6 Å². The summed E-state index contributed by atoms with van der Waals surface area (Å²) in [4.78, 5) is 10.7. The summed E-state index contributed by atoms with van der Waals surface area (Å²) in [5, 5.41) is 14.2. The van der Waals surface area contributed by atoms with Crippen molar-refractivity contribution >= 4 is 5.91 Å². The normalized spacial score (nSPS) is 12.6. The van der Waals surface area contributed by atoms with Gasteiger partial charge in [0, 0.05) is 20.0 Å². The molecule has 0 radical (unpaired) electrons. The van der Waals surface area contributed by atoms with Gasteiger partial charge in [0.05, 0.1) is 11.6 Å². The number of nitriles is 1. The second-order valence-corrected chi connectivity index (χ2v) is 4.08. The van der Waals surface area contributed by atoms with E-state index in [1.54, 1.807) is 6.07 Å². The van der Waals surface area contributed by atoms with Gasteiger partial charge in [0.25, 0.3) is 0 Å². The lowest BCUT2D eigenvalue weighted by atomic mass is 10.0. The molecule has 0 aliphatic carbocycles. The number of rotatable bonds is 5. The van der Waals surface area contributed by atoms with Crippen LogP contribution in [-0.4, -0.2) is 19.0 Å². The number of nitrogens with zero attached hydrogens (tertiary/aromatic N) is 1. The lowest BCUT2D eigenvalue weighted by molar-refractivity contribution is -0.138. The van der Waals surface area contributed by atoms with Gasteiger partial charge in [-0.15, -0.1) is 0 Å². The van der Waals surface area contributed by atoms with Gasteiger partial charge in [0.2, 0.25) is 5.91 Å². The first-order valence-electron chi connectivity index (χ1n) is 5.90. The zero-order valence-electron chi connectivity index (χ0n) is 10.8. The van der Waals surface area contributed by atoms with E-state index in [4.69, 9.17) is 5.26 Å². The second kappa shape index (κ2) is 6.91. The summed E-state index contributed by atoms with van der Waals surface area (Å²) in [5.41, 5.74) is -0.955. The number of amides is 1. The van der Waals surface area contributed by atoms with Crippen LogP contribution >= 0.6 is 0 Å². The summed E-state index contributed by atoms with van der Waals surface area (Å²) in [5.74, 6) is -0.240. The van der Waals surface area contributed by atoms with Gasteiger partial charge >= 0.3 is 6.18 Å². The molecule has 0 aromatic heterocycles. The lowest BCUT2D eigenvalue weighted by Crippen LogP contribution is -2.32. The van der Waals surface area contributed by atoms with Crippen LogP contribution in [0.15, 0.2) is 24.3 Å². The molecule has 0 aliphatic rings. The van der Waals surface area contributed by atoms with Crippen LogP contribution in [0.3, 0.4) is 0 Å². The molecule has 7 heteroatoms. The molecule has 108 valence electrons. The first-order valence-corrected chi connectivity index (χ1v) is 5.90. The predicted octanol–water partition coefficient (Wildman–Crippen LogP) is 2.00. The second-order valence-electron chi connectivity index (χ2n) is 4.08. The number of halogens is 3. The molecule has 0 fully saturated rings. The molecule has 2 N–H and O–H groups in total. The Morgan fingerprint density at radius 3 is 2.55 bits per heavy atom. The molecule has 1 atom stereocenters. The maximum absolute atomic E-state index is 12.8. The molecule has 1 aromatic rings. The van der Waals surface area contributed by atoms with E-state index in [-0.39, 0.29) is 24.6 Å². The molecular formula is C13H14F3N3O. The molecule has 0 spiro atoms. The first kappa shape index (κ1) is 16.0. The van der Waals surface area contributed by atoms with E-state index in [0.717, 1.165) is 6.07 Å². The van der Waals surface area contributed by atoms with Crippen molar-refractivity contribution in [3.8, 4) is 6.07 Å². The SMILES string of the molecule is CC(=O)NCCNC(C#N)c1ccccc1C(F)(F)F. The fourth-order valence-electron chi connectivity index (χ4n) is 1.69. The quantitative estimate of drug-likeness (QED) is 0.813. The maximum Gasteiger partial charge on any atom is 0.416 e. The fraction of sp³-hybridized carbons (Fsp3) is 0.385. The minimum absolute atomic E-state index is 0.120. The molecule has 1 amide bonds. The highest BCUT2D eigenvalue weighted by atomic mass is 19.4. The first-order chi connectivity index (χ1) is 9.36. The van der Waals surface area contributed by atoms with Gasteiger partial charge in [-0.25, -0.2) is 0 Å².